The molecular formula is C14H18Cl2O3. The van der Waals surface area contributed by atoms with Crippen molar-refractivity contribution in [2.75, 3.05) is 6.61 Å². The molecule has 0 aliphatic rings. The van der Waals surface area contributed by atoms with Crippen LogP contribution < -0.4 is 4.74 Å². The summed E-state index contributed by atoms with van der Waals surface area (Å²) < 4.78 is 5.53. The zero-order valence-corrected chi connectivity index (χ0v) is 12.6. The third kappa shape index (κ3) is 5.29. The molecule has 1 aromatic rings. The monoisotopic (exact) mass is 304 g/mol. The minimum absolute atomic E-state index is 0.485. The molecule has 0 aromatic heterocycles. The molecule has 19 heavy (non-hydrogen) atoms. The Bertz CT molecular complexity index is 444. The molecule has 0 heterocycles. The topological polar surface area (TPSA) is 46.5 Å². The van der Waals surface area contributed by atoms with Crippen LogP contribution >= 0.6 is 23.2 Å². The molecule has 0 spiro atoms. The van der Waals surface area contributed by atoms with Gasteiger partial charge in [0.15, 0.2) is 0 Å². The average molecular weight is 305 g/mol. The highest BCUT2D eigenvalue weighted by atomic mass is 35.5. The molecule has 106 valence electrons. The van der Waals surface area contributed by atoms with Crippen molar-refractivity contribution < 1.29 is 14.6 Å². The van der Waals surface area contributed by atoms with Gasteiger partial charge in [0.1, 0.15) is 5.75 Å². The quantitative estimate of drug-likeness (QED) is 0.746. The van der Waals surface area contributed by atoms with Crippen LogP contribution in [-0.2, 0) is 4.79 Å². The number of hydrogen-bond donors (Lipinski definition) is 1. The van der Waals surface area contributed by atoms with E-state index in [4.69, 9.17) is 33.0 Å². The first-order valence-corrected chi connectivity index (χ1v) is 6.90. The third-order valence-electron chi connectivity index (χ3n) is 2.93. The van der Waals surface area contributed by atoms with Gasteiger partial charge in [-0.15, -0.1) is 0 Å². The molecule has 1 aromatic carbocycles. The molecule has 0 unspecified atom stereocenters. The van der Waals surface area contributed by atoms with Gasteiger partial charge < -0.3 is 9.84 Å². The maximum Gasteiger partial charge on any atom is 0.309 e. The van der Waals surface area contributed by atoms with Crippen LogP contribution in [0.1, 0.15) is 33.1 Å². The first-order chi connectivity index (χ1) is 8.83. The number of rotatable bonds is 7. The van der Waals surface area contributed by atoms with Crippen LogP contribution in [0.2, 0.25) is 10.0 Å². The summed E-state index contributed by atoms with van der Waals surface area (Å²) in [6.45, 7) is 3.97. The number of benzene rings is 1. The Labute approximate surface area is 123 Å². The molecule has 0 saturated carbocycles. The molecule has 0 amide bonds. The van der Waals surface area contributed by atoms with E-state index in [1.54, 1.807) is 32.0 Å². The van der Waals surface area contributed by atoms with Crippen molar-refractivity contribution in [2.24, 2.45) is 5.41 Å². The van der Waals surface area contributed by atoms with Crippen LogP contribution in [0.15, 0.2) is 18.2 Å². The lowest BCUT2D eigenvalue weighted by Crippen LogP contribution is -2.23. The lowest BCUT2D eigenvalue weighted by molar-refractivity contribution is -0.147. The molecule has 0 atom stereocenters. The Morgan fingerprint density at radius 2 is 2.00 bits per heavy atom. The van der Waals surface area contributed by atoms with E-state index in [0.29, 0.717) is 28.8 Å². The van der Waals surface area contributed by atoms with E-state index in [9.17, 15) is 4.79 Å². The summed E-state index contributed by atoms with van der Waals surface area (Å²) in [5, 5.41) is 10.0. The van der Waals surface area contributed by atoms with Gasteiger partial charge in [0.25, 0.3) is 0 Å². The Morgan fingerprint density at radius 3 is 2.58 bits per heavy atom. The largest absolute Gasteiger partial charge is 0.492 e. The first-order valence-electron chi connectivity index (χ1n) is 6.14. The summed E-state index contributed by atoms with van der Waals surface area (Å²) in [6.07, 6.45) is 2.21. The fourth-order valence-electron chi connectivity index (χ4n) is 1.55. The zero-order valence-electron chi connectivity index (χ0n) is 11.1. The number of carbonyl (C=O) groups is 1. The number of carboxylic acids is 1. The predicted octanol–water partition coefficient (Wildman–Crippen LogP) is 4.65. The highest BCUT2D eigenvalue weighted by molar-refractivity contribution is 6.35. The minimum Gasteiger partial charge on any atom is -0.492 e. The summed E-state index contributed by atoms with van der Waals surface area (Å²) >= 11 is 11.8. The van der Waals surface area contributed by atoms with Crippen LogP contribution in [0, 0.1) is 5.41 Å². The number of aliphatic carboxylic acids is 1. The number of carboxylic acid groups (broad SMARTS) is 1. The summed E-state index contributed by atoms with van der Waals surface area (Å²) in [5.41, 5.74) is -0.683. The Kier molecular flexibility index (Phi) is 5.95. The van der Waals surface area contributed by atoms with Crippen molar-refractivity contribution >= 4 is 29.2 Å². The molecular weight excluding hydrogens is 287 g/mol. The van der Waals surface area contributed by atoms with Crippen molar-refractivity contribution in [3.8, 4) is 5.75 Å². The van der Waals surface area contributed by atoms with Crippen molar-refractivity contribution in [1.29, 1.82) is 0 Å². The fraction of sp³-hybridized carbons (Fsp3) is 0.500. The van der Waals surface area contributed by atoms with Gasteiger partial charge >= 0.3 is 5.97 Å². The van der Waals surface area contributed by atoms with Gasteiger partial charge in [-0.05, 0) is 51.3 Å². The smallest absolute Gasteiger partial charge is 0.309 e. The van der Waals surface area contributed by atoms with Crippen LogP contribution in [-0.4, -0.2) is 17.7 Å². The molecule has 0 radical (unpaired) electrons. The number of ether oxygens (including phenoxy) is 1. The normalized spacial score (nSPS) is 11.4. The second kappa shape index (κ2) is 7.01. The highest BCUT2D eigenvalue weighted by Crippen LogP contribution is 2.28. The van der Waals surface area contributed by atoms with Gasteiger partial charge in [-0.2, -0.15) is 0 Å². The van der Waals surface area contributed by atoms with Gasteiger partial charge in [0.05, 0.1) is 17.0 Å². The SMILES string of the molecule is CC(C)(CCCCOc1ccc(Cl)cc1Cl)C(=O)O. The molecule has 1 rings (SSSR count). The van der Waals surface area contributed by atoms with Crippen LogP contribution in [0.4, 0.5) is 0 Å². The fourth-order valence-corrected chi connectivity index (χ4v) is 2.01. The summed E-state index contributed by atoms with van der Waals surface area (Å²) in [5.74, 6) is -0.169. The molecule has 5 heteroatoms. The van der Waals surface area contributed by atoms with Gasteiger partial charge in [-0.1, -0.05) is 23.2 Å². The molecule has 3 nitrogen and oxygen atoms in total. The summed E-state index contributed by atoms with van der Waals surface area (Å²) in [4.78, 5) is 10.9. The van der Waals surface area contributed by atoms with E-state index in [0.717, 1.165) is 12.8 Å². The second-order valence-corrected chi connectivity index (χ2v) is 5.91. The lowest BCUT2D eigenvalue weighted by Gasteiger charge is -2.18. The van der Waals surface area contributed by atoms with Crippen molar-refractivity contribution in [3.05, 3.63) is 28.2 Å². The minimum atomic E-state index is -0.769. The molecule has 1 N–H and O–H groups in total. The van der Waals surface area contributed by atoms with E-state index in [-0.39, 0.29) is 0 Å². The summed E-state index contributed by atoms with van der Waals surface area (Å²) in [6, 6.07) is 5.08. The van der Waals surface area contributed by atoms with Crippen LogP contribution in [0.5, 0.6) is 5.75 Å². The lowest BCUT2D eigenvalue weighted by atomic mass is 9.87. The Hall–Kier alpha value is -0.930. The van der Waals surface area contributed by atoms with Gasteiger partial charge in [-0.25, -0.2) is 0 Å². The van der Waals surface area contributed by atoms with Gasteiger partial charge in [0, 0.05) is 5.02 Å². The first kappa shape index (κ1) is 16.1. The van der Waals surface area contributed by atoms with Gasteiger partial charge in [0.2, 0.25) is 0 Å². The van der Waals surface area contributed by atoms with E-state index in [1.165, 1.54) is 0 Å². The molecule has 0 fully saturated rings. The Balaban J connectivity index is 2.30. The molecule has 0 bridgehead atoms. The number of hydrogen-bond acceptors (Lipinski definition) is 2. The maximum absolute atomic E-state index is 10.9. The predicted molar refractivity (Wildman–Crippen MR) is 77.2 cm³/mol. The third-order valence-corrected chi connectivity index (χ3v) is 3.46. The molecule has 0 aliphatic heterocycles. The van der Waals surface area contributed by atoms with Crippen LogP contribution in [0.25, 0.3) is 0 Å². The van der Waals surface area contributed by atoms with E-state index >= 15 is 0 Å². The standard InChI is InChI=1S/C14H18Cl2O3/c1-14(2,13(17)18)7-3-4-8-19-12-6-5-10(15)9-11(12)16/h5-6,9H,3-4,7-8H2,1-2H3,(H,17,18). The van der Waals surface area contributed by atoms with E-state index in [2.05, 4.69) is 0 Å². The number of unbranched alkanes of at least 4 members (excludes halogenated alkanes) is 1. The van der Waals surface area contributed by atoms with Gasteiger partial charge in [-0.3, -0.25) is 4.79 Å². The maximum atomic E-state index is 10.9. The summed E-state index contributed by atoms with van der Waals surface area (Å²) in [7, 11) is 0. The average Bonchev–Trinajstić information content (AvgIpc) is 2.31. The second-order valence-electron chi connectivity index (χ2n) is 5.07. The number of halogens is 2. The molecule has 0 aliphatic carbocycles. The Morgan fingerprint density at radius 1 is 1.32 bits per heavy atom. The zero-order chi connectivity index (χ0) is 14.5. The van der Waals surface area contributed by atoms with Crippen molar-refractivity contribution in [3.63, 3.8) is 0 Å². The van der Waals surface area contributed by atoms with E-state index < -0.39 is 11.4 Å². The molecule has 0 saturated heterocycles. The highest BCUT2D eigenvalue weighted by Gasteiger charge is 2.25. The van der Waals surface area contributed by atoms with Crippen molar-refractivity contribution in [1.82, 2.24) is 0 Å². The van der Waals surface area contributed by atoms with E-state index in [1.807, 2.05) is 0 Å². The van der Waals surface area contributed by atoms with Crippen LogP contribution in [0.3, 0.4) is 0 Å². The van der Waals surface area contributed by atoms with Crippen molar-refractivity contribution in [2.45, 2.75) is 33.1 Å².